The summed E-state index contributed by atoms with van der Waals surface area (Å²) in [6, 6.07) is 2.45. The molecule has 0 unspecified atom stereocenters. The molecule has 0 amide bonds. The topological polar surface area (TPSA) is 146 Å². The van der Waals surface area contributed by atoms with E-state index in [1.807, 2.05) is 11.9 Å². The lowest BCUT2D eigenvalue weighted by atomic mass is 9.61. The number of piperazine rings is 1. The minimum absolute atomic E-state index is 0.00136. The first kappa shape index (κ1) is 28.5. The number of hydrogen-bond donors (Lipinski definition) is 3. The molecular formula is C31H39FN8O2S. The number of carbonyl (C=O) groups is 1. The van der Waals surface area contributed by atoms with Crippen LogP contribution in [-0.4, -0.2) is 72.1 Å². The molecular weight excluding hydrogens is 567 g/mol. The van der Waals surface area contributed by atoms with Gasteiger partial charge in [-0.25, -0.2) is 4.98 Å². The van der Waals surface area contributed by atoms with Gasteiger partial charge in [-0.3, -0.25) is 4.79 Å². The van der Waals surface area contributed by atoms with Crippen molar-refractivity contribution in [3.63, 3.8) is 0 Å². The number of likely N-dealkylation sites (N-methyl/N-ethyl adjacent to an activating group) is 1. The Morgan fingerprint density at radius 3 is 2.72 bits per heavy atom. The molecule has 7 rings (SSSR count). The van der Waals surface area contributed by atoms with Crippen molar-refractivity contribution in [2.75, 3.05) is 50.5 Å². The van der Waals surface area contributed by atoms with E-state index in [0.717, 1.165) is 68.5 Å². The predicted octanol–water partition coefficient (Wildman–Crippen LogP) is 3.24. The Balaban J connectivity index is 1.29. The van der Waals surface area contributed by atoms with Gasteiger partial charge in [0.15, 0.2) is 17.4 Å². The number of ketones is 1. The smallest absolute Gasteiger partial charge is 0.256 e. The molecule has 2 saturated heterocycles. The molecule has 43 heavy (non-hydrogen) atoms. The fourth-order valence-electron chi connectivity index (χ4n) is 7.75. The van der Waals surface area contributed by atoms with Crippen LogP contribution in [0.5, 0.6) is 5.88 Å². The van der Waals surface area contributed by atoms with Crippen LogP contribution in [0.3, 0.4) is 0 Å². The van der Waals surface area contributed by atoms with Crippen molar-refractivity contribution in [2.24, 2.45) is 5.73 Å². The Morgan fingerprint density at radius 2 is 2.00 bits per heavy atom. The van der Waals surface area contributed by atoms with Crippen LogP contribution in [0.15, 0.2) is 5.57 Å². The Hall–Kier alpha value is -3.27. The molecule has 5 N–H and O–H groups in total. The fraction of sp³-hybridized carbons (Fsp3) is 0.613. The summed E-state index contributed by atoms with van der Waals surface area (Å²) < 4.78 is 22.2. The number of hydrogen-bond acceptors (Lipinski definition) is 11. The van der Waals surface area contributed by atoms with E-state index in [4.69, 9.17) is 16.2 Å². The first-order valence-electron chi connectivity index (χ1n) is 15.5. The van der Waals surface area contributed by atoms with Crippen LogP contribution in [0.2, 0.25) is 0 Å². The molecule has 2 saturated carbocycles. The number of fused-ring (bicyclic) bond motifs is 2. The fourth-order valence-corrected chi connectivity index (χ4v) is 8.91. The molecule has 2 aromatic heterocycles. The highest BCUT2D eigenvalue weighted by molar-refractivity contribution is 7.16. The standard InChI is InChI=1S/C31H39FN8O2S/c1-39-13-4-5-18(39)16-42-29-23(32)28(40-14-12-36-30(17-40)10-11-30)37-27(38-29)24(34)19-6-2-8-31(25(19)41)9-3-7-21-22(31)20(15-33)26(35)43-21/h18,36H,2-14,16-17,34-35H2,1H3/b24-19-/t18-,31-/m0/s1. The lowest BCUT2D eigenvalue weighted by molar-refractivity contribution is -0.122. The number of nitrogen functional groups attached to an aromatic ring is 1. The second-order valence-electron chi connectivity index (χ2n) is 13.0. The summed E-state index contributed by atoms with van der Waals surface area (Å²) >= 11 is 1.42. The number of nitrogens with two attached hydrogens (primary N) is 2. The molecule has 2 aromatic rings. The number of nitrogens with zero attached hydrogens (tertiary/aromatic N) is 5. The normalized spacial score (nSPS) is 27.8. The van der Waals surface area contributed by atoms with Crippen molar-refractivity contribution in [1.29, 1.82) is 5.26 Å². The zero-order valence-corrected chi connectivity index (χ0v) is 25.5. The summed E-state index contributed by atoms with van der Waals surface area (Å²) in [5.74, 6) is -0.504. The zero-order chi connectivity index (χ0) is 29.9. The number of halogens is 1. The van der Waals surface area contributed by atoms with E-state index in [0.29, 0.717) is 55.1 Å². The summed E-state index contributed by atoms with van der Waals surface area (Å²) in [5, 5.41) is 14.0. The largest absolute Gasteiger partial charge is 0.474 e. The maximum Gasteiger partial charge on any atom is 0.256 e. The van der Waals surface area contributed by atoms with Crippen molar-refractivity contribution in [3.8, 4) is 11.9 Å². The van der Waals surface area contributed by atoms with Gasteiger partial charge in [-0.2, -0.15) is 14.6 Å². The highest BCUT2D eigenvalue weighted by atomic mass is 32.1. The minimum Gasteiger partial charge on any atom is -0.474 e. The van der Waals surface area contributed by atoms with Gasteiger partial charge < -0.3 is 31.3 Å². The summed E-state index contributed by atoms with van der Waals surface area (Å²) in [6.45, 7) is 3.26. The van der Waals surface area contributed by atoms with Crippen LogP contribution in [0.1, 0.15) is 79.6 Å². The van der Waals surface area contributed by atoms with Gasteiger partial charge in [0.05, 0.1) is 16.7 Å². The summed E-state index contributed by atoms with van der Waals surface area (Å²) in [5.41, 5.74) is 14.0. The average molecular weight is 607 g/mol. The van der Waals surface area contributed by atoms with Crippen LogP contribution < -0.4 is 26.4 Å². The highest BCUT2D eigenvalue weighted by Crippen LogP contribution is 2.52. The molecule has 12 heteroatoms. The second-order valence-corrected chi connectivity index (χ2v) is 14.1. The van der Waals surface area contributed by atoms with E-state index in [-0.39, 0.29) is 40.6 Å². The number of ether oxygens (including phenoxy) is 1. The number of nitrogens with one attached hydrogen (secondary N) is 1. The van der Waals surface area contributed by atoms with Crippen molar-refractivity contribution < 1.29 is 13.9 Å². The third-order valence-corrected chi connectivity index (χ3v) is 11.4. The Labute approximate surface area is 255 Å². The van der Waals surface area contributed by atoms with Crippen molar-refractivity contribution in [2.45, 2.75) is 81.2 Å². The number of anilines is 2. The SMILES string of the molecule is CN1CCC[C@H]1COc1nc(/C(N)=C2\CCC[C@@]3(CCCc4sc(N)c(C#N)c43)C2=O)nc(N2CCNC3(CC3)C2)c1F. The van der Waals surface area contributed by atoms with Crippen molar-refractivity contribution in [3.05, 3.63) is 33.2 Å². The van der Waals surface area contributed by atoms with Crippen LogP contribution in [0.4, 0.5) is 15.2 Å². The van der Waals surface area contributed by atoms with E-state index >= 15 is 4.39 Å². The van der Waals surface area contributed by atoms with E-state index < -0.39 is 11.2 Å². The van der Waals surface area contributed by atoms with Gasteiger partial charge in [0, 0.05) is 41.7 Å². The first-order valence-corrected chi connectivity index (χ1v) is 16.3. The van der Waals surface area contributed by atoms with Crippen LogP contribution in [0, 0.1) is 17.1 Å². The second kappa shape index (κ2) is 10.7. The molecule has 4 heterocycles. The number of rotatable bonds is 5. The van der Waals surface area contributed by atoms with Crippen LogP contribution in [0.25, 0.3) is 5.70 Å². The van der Waals surface area contributed by atoms with Crippen molar-refractivity contribution >= 4 is 33.6 Å². The zero-order valence-electron chi connectivity index (χ0n) is 24.7. The molecule has 10 nitrogen and oxygen atoms in total. The van der Waals surface area contributed by atoms with Gasteiger partial charge in [0.1, 0.15) is 17.7 Å². The lowest BCUT2D eigenvalue weighted by Crippen LogP contribution is -2.53. The summed E-state index contributed by atoms with van der Waals surface area (Å²) in [7, 11) is 2.05. The predicted molar refractivity (Wildman–Crippen MR) is 163 cm³/mol. The maximum atomic E-state index is 16.1. The number of likely N-dealkylation sites (tertiary alicyclic amines) is 1. The first-order chi connectivity index (χ1) is 20.7. The summed E-state index contributed by atoms with van der Waals surface area (Å²) in [6.07, 6.45) is 8.27. The number of allylic oxidation sites excluding steroid dienone is 1. The number of carbonyl (C=O) groups excluding carboxylic acids is 1. The molecule has 0 radical (unpaired) electrons. The van der Waals surface area contributed by atoms with Gasteiger partial charge >= 0.3 is 0 Å². The molecule has 0 aromatic carbocycles. The van der Waals surface area contributed by atoms with Crippen molar-refractivity contribution in [1.82, 2.24) is 20.2 Å². The van der Waals surface area contributed by atoms with Crippen LogP contribution in [-0.2, 0) is 16.6 Å². The molecule has 2 spiro atoms. The van der Waals surface area contributed by atoms with Gasteiger partial charge in [-0.05, 0) is 83.4 Å². The van der Waals surface area contributed by atoms with Gasteiger partial charge in [0.2, 0.25) is 5.82 Å². The number of aromatic nitrogens is 2. The highest BCUT2D eigenvalue weighted by Gasteiger charge is 2.50. The third-order valence-electron chi connectivity index (χ3n) is 10.3. The molecule has 5 aliphatic rings. The molecule has 0 bridgehead atoms. The van der Waals surface area contributed by atoms with E-state index in [9.17, 15) is 10.1 Å². The van der Waals surface area contributed by atoms with Gasteiger partial charge in [0.25, 0.3) is 5.88 Å². The Morgan fingerprint density at radius 1 is 1.21 bits per heavy atom. The number of thiophene rings is 1. The molecule has 4 fully saturated rings. The number of nitriles is 1. The van der Waals surface area contributed by atoms with E-state index in [1.165, 1.54) is 11.3 Å². The lowest BCUT2D eigenvalue weighted by Gasteiger charge is -2.40. The third kappa shape index (κ3) is 4.76. The average Bonchev–Trinajstić information content (AvgIpc) is 3.45. The Kier molecular flexibility index (Phi) is 7.10. The van der Waals surface area contributed by atoms with Gasteiger partial charge in [-0.15, -0.1) is 11.3 Å². The monoisotopic (exact) mass is 606 g/mol. The minimum atomic E-state index is -0.836. The molecule has 3 aliphatic carbocycles. The van der Waals surface area contributed by atoms with E-state index in [2.05, 4.69) is 26.3 Å². The quantitative estimate of drug-likeness (QED) is 0.434. The van der Waals surface area contributed by atoms with E-state index in [1.54, 1.807) is 0 Å². The number of Topliss-reactive ketones (excluding diaryl/α,β-unsaturated/α-hetero) is 1. The maximum absolute atomic E-state index is 16.1. The summed E-state index contributed by atoms with van der Waals surface area (Å²) in [4.78, 5) is 28.9. The Bertz CT molecular complexity index is 1540. The van der Waals surface area contributed by atoms with Gasteiger partial charge in [-0.1, -0.05) is 0 Å². The molecule has 2 atom stereocenters. The van der Waals surface area contributed by atoms with Crippen LogP contribution >= 0.6 is 11.3 Å². The molecule has 2 aliphatic heterocycles. The number of aryl methyl sites for hydroxylation is 1. The molecule has 228 valence electrons.